The molecule has 2 unspecified atom stereocenters. The number of H-pyrrole nitrogens is 1. The Labute approximate surface area is 168 Å². The topological polar surface area (TPSA) is 41.6 Å². The van der Waals surface area contributed by atoms with Crippen molar-refractivity contribution in [1.29, 1.82) is 0 Å². The van der Waals surface area contributed by atoms with E-state index in [1.165, 1.54) is 24.8 Å². The first-order valence-electron chi connectivity index (χ1n) is 9.04. The van der Waals surface area contributed by atoms with Crippen molar-refractivity contribution in [2.24, 2.45) is 5.92 Å². The molecule has 2 atom stereocenters. The van der Waals surface area contributed by atoms with Gasteiger partial charge in [-0.3, -0.25) is 0 Å². The summed E-state index contributed by atoms with van der Waals surface area (Å²) >= 11 is 18.2. The zero-order chi connectivity index (χ0) is 18.1. The van der Waals surface area contributed by atoms with Crippen LogP contribution in [0.25, 0.3) is 11.2 Å². The second-order valence-electron chi connectivity index (χ2n) is 7.17. The minimum atomic E-state index is 0.463. The highest BCUT2D eigenvalue weighted by Gasteiger charge is 2.25. The molecule has 4 rings (SSSR count). The van der Waals surface area contributed by atoms with Crippen molar-refractivity contribution in [3.63, 3.8) is 0 Å². The van der Waals surface area contributed by atoms with Gasteiger partial charge >= 0.3 is 0 Å². The number of rotatable bonds is 4. The Bertz CT molecular complexity index is 902. The van der Waals surface area contributed by atoms with Crippen molar-refractivity contribution in [2.75, 3.05) is 0 Å². The van der Waals surface area contributed by atoms with Crippen molar-refractivity contribution >= 4 is 46.0 Å². The van der Waals surface area contributed by atoms with Gasteiger partial charge in [0.05, 0.1) is 5.52 Å². The zero-order valence-electron chi connectivity index (χ0n) is 14.3. The number of imidazole rings is 1. The molecule has 0 amide bonds. The van der Waals surface area contributed by atoms with Crippen molar-refractivity contribution in [2.45, 2.75) is 44.4 Å². The molecule has 136 valence electrons. The number of hydrogen-bond acceptors (Lipinski definition) is 2. The first kappa shape index (κ1) is 18.1. The van der Waals surface area contributed by atoms with Crippen molar-refractivity contribution in [1.82, 2.24) is 15.0 Å². The van der Waals surface area contributed by atoms with Crippen LogP contribution < -0.4 is 0 Å². The van der Waals surface area contributed by atoms with E-state index in [-0.39, 0.29) is 0 Å². The molecular formula is C20H20Cl3N3. The van der Waals surface area contributed by atoms with Crippen LogP contribution in [0.15, 0.2) is 30.3 Å². The van der Waals surface area contributed by atoms with Crippen LogP contribution in [0.1, 0.15) is 49.4 Å². The van der Waals surface area contributed by atoms with Crippen molar-refractivity contribution in [3.05, 3.63) is 56.9 Å². The fourth-order valence-electron chi connectivity index (χ4n) is 4.01. The maximum absolute atomic E-state index is 6.11. The Kier molecular flexibility index (Phi) is 5.40. The second kappa shape index (κ2) is 7.75. The Morgan fingerprint density at radius 2 is 1.81 bits per heavy atom. The van der Waals surface area contributed by atoms with E-state index in [1.54, 1.807) is 12.1 Å². The molecule has 0 radical (unpaired) electrons. The number of nitrogens with one attached hydrogen (secondary N) is 1. The maximum Gasteiger partial charge on any atom is 0.179 e. The quantitative estimate of drug-likeness (QED) is 0.481. The molecule has 3 nitrogen and oxygen atoms in total. The Morgan fingerprint density at radius 1 is 1.00 bits per heavy atom. The number of pyridine rings is 1. The van der Waals surface area contributed by atoms with E-state index in [9.17, 15) is 0 Å². The lowest BCUT2D eigenvalue weighted by Gasteiger charge is -2.28. The smallest absolute Gasteiger partial charge is 0.179 e. The second-order valence-corrected chi connectivity index (χ2v) is 8.43. The SMILES string of the molecule is Clc1cc(Cl)cc(CCC2CCCC(c3nc4nc(Cl)ccc4[nH]3)C2)c1. The summed E-state index contributed by atoms with van der Waals surface area (Å²) in [6.45, 7) is 0. The van der Waals surface area contributed by atoms with Gasteiger partial charge in [-0.25, -0.2) is 9.97 Å². The standard InChI is InChI=1S/C20H20Cl3N3/c21-15-9-13(10-16(22)11-15)5-4-12-2-1-3-14(8-12)19-24-17-6-7-18(23)25-20(17)26-19/h6-7,9-12,14H,1-5,8H2,(H,24,25,26). The molecule has 1 aliphatic rings. The molecule has 2 aromatic heterocycles. The van der Waals surface area contributed by atoms with E-state index in [0.29, 0.717) is 32.7 Å². The van der Waals surface area contributed by atoms with Gasteiger partial charge in [-0.2, -0.15) is 0 Å². The predicted octanol–water partition coefficient (Wildman–Crippen LogP) is 6.82. The third-order valence-corrected chi connectivity index (χ3v) is 5.91. The van der Waals surface area contributed by atoms with E-state index < -0.39 is 0 Å². The van der Waals surface area contributed by atoms with E-state index in [4.69, 9.17) is 34.8 Å². The molecule has 1 aromatic carbocycles. The summed E-state index contributed by atoms with van der Waals surface area (Å²) in [7, 11) is 0. The molecule has 3 aromatic rings. The van der Waals surface area contributed by atoms with Gasteiger partial charge in [-0.1, -0.05) is 47.6 Å². The Hall–Kier alpha value is -1.29. The van der Waals surface area contributed by atoms with Crippen LogP contribution in [-0.2, 0) is 6.42 Å². The van der Waals surface area contributed by atoms with Gasteiger partial charge in [0, 0.05) is 16.0 Å². The first-order chi connectivity index (χ1) is 12.6. The maximum atomic E-state index is 6.11. The minimum Gasteiger partial charge on any atom is -0.340 e. The number of aryl methyl sites for hydroxylation is 1. The number of halogens is 3. The molecule has 1 fully saturated rings. The van der Waals surface area contributed by atoms with Gasteiger partial charge in [0.15, 0.2) is 5.65 Å². The Balaban J connectivity index is 1.43. The van der Waals surface area contributed by atoms with Crippen LogP contribution >= 0.6 is 34.8 Å². The summed E-state index contributed by atoms with van der Waals surface area (Å²) < 4.78 is 0. The lowest BCUT2D eigenvalue weighted by atomic mass is 9.78. The van der Waals surface area contributed by atoms with Crippen LogP contribution in [0.4, 0.5) is 0 Å². The molecular weight excluding hydrogens is 389 g/mol. The number of nitrogens with zero attached hydrogens (tertiary/aromatic N) is 2. The zero-order valence-corrected chi connectivity index (χ0v) is 16.6. The van der Waals surface area contributed by atoms with Crippen LogP contribution in [-0.4, -0.2) is 15.0 Å². The lowest BCUT2D eigenvalue weighted by Crippen LogP contribution is -2.16. The molecule has 2 heterocycles. The highest BCUT2D eigenvalue weighted by atomic mass is 35.5. The van der Waals surface area contributed by atoms with Crippen molar-refractivity contribution < 1.29 is 0 Å². The van der Waals surface area contributed by atoms with Gasteiger partial charge < -0.3 is 4.98 Å². The molecule has 0 spiro atoms. The number of hydrogen-bond donors (Lipinski definition) is 1. The molecule has 1 aliphatic carbocycles. The number of fused-ring (bicyclic) bond motifs is 1. The van der Waals surface area contributed by atoms with Gasteiger partial charge in [0.25, 0.3) is 0 Å². The lowest BCUT2D eigenvalue weighted by molar-refractivity contribution is 0.300. The summed E-state index contributed by atoms with van der Waals surface area (Å²) in [5.74, 6) is 2.20. The fourth-order valence-corrected chi connectivity index (χ4v) is 4.72. The van der Waals surface area contributed by atoms with Gasteiger partial charge in [0.2, 0.25) is 0 Å². The van der Waals surface area contributed by atoms with Gasteiger partial charge in [0.1, 0.15) is 11.0 Å². The van der Waals surface area contributed by atoms with Crippen LogP contribution in [0.2, 0.25) is 15.2 Å². The number of aromatic amines is 1. The van der Waals surface area contributed by atoms with E-state index in [2.05, 4.69) is 15.0 Å². The molecule has 0 aliphatic heterocycles. The highest BCUT2D eigenvalue weighted by Crippen LogP contribution is 2.37. The number of aromatic nitrogens is 3. The summed E-state index contributed by atoms with van der Waals surface area (Å²) in [5, 5.41) is 1.90. The van der Waals surface area contributed by atoms with E-state index in [1.807, 2.05) is 18.2 Å². The molecule has 0 bridgehead atoms. The predicted molar refractivity (Wildman–Crippen MR) is 108 cm³/mol. The van der Waals surface area contributed by atoms with Crippen LogP contribution in [0.3, 0.4) is 0 Å². The molecule has 26 heavy (non-hydrogen) atoms. The average molecular weight is 409 g/mol. The third-order valence-electron chi connectivity index (χ3n) is 5.26. The first-order valence-corrected chi connectivity index (χ1v) is 10.2. The van der Waals surface area contributed by atoms with Gasteiger partial charge in [-0.05, 0) is 67.5 Å². The molecule has 1 N–H and O–H groups in total. The summed E-state index contributed by atoms with van der Waals surface area (Å²) in [5.41, 5.74) is 2.88. The summed E-state index contributed by atoms with van der Waals surface area (Å²) in [4.78, 5) is 12.4. The average Bonchev–Trinajstić information content (AvgIpc) is 3.03. The Morgan fingerprint density at radius 3 is 2.62 bits per heavy atom. The monoisotopic (exact) mass is 407 g/mol. The largest absolute Gasteiger partial charge is 0.340 e. The van der Waals surface area contributed by atoms with Gasteiger partial charge in [-0.15, -0.1) is 0 Å². The number of benzene rings is 1. The highest BCUT2D eigenvalue weighted by molar-refractivity contribution is 6.34. The minimum absolute atomic E-state index is 0.463. The fraction of sp³-hybridized carbons (Fsp3) is 0.400. The van der Waals surface area contributed by atoms with Crippen LogP contribution in [0, 0.1) is 5.92 Å². The van der Waals surface area contributed by atoms with E-state index >= 15 is 0 Å². The summed E-state index contributed by atoms with van der Waals surface area (Å²) in [6, 6.07) is 9.56. The molecule has 1 saturated carbocycles. The third kappa shape index (κ3) is 4.16. The molecule has 0 saturated heterocycles. The molecule has 6 heteroatoms. The van der Waals surface area contributed by atoms with Crippen LogP contribution in [0.5, 0.6) is 0 Å². The summed E-state index contributed by atoms with van der Waals surface area (Å²) in [6.07, 6.45) is 6.99. The van der Waals surface area contributed by atoms with E-state index in [0.717, 1.165) is 30.6 Å². The normalized spacial score (nSPS) is 20.6. The van der Waals surface area contributed by atoms with Crippen molar-refractivity contribution in [3.8, 4) is 0 Å².